The van der Waals surface area contributed by atoms with Gasteiger partial charge in [0.25, 0.3) is 10.2 Å². The molecule has 6 nitrogen and oxygen atoms in total. The first kappa shape index (κ1) is 18.3. The summed E-state index contributed by atoms with van der Waals surface area (Å²) in [6, 6.07) is 6.69. The maximum atomic E-state index is 13.0. The van der Waals surface area contributed by atoms with Crippen molar-refractivity contribution >= 4 is 16.1 Å². The molecule has 1 aromatic carbocycles. The topological polar surface area (TPSA) is 92.5 Å². The van der Waals surface area contributed by atoms with Crippen molar-refractivity contribution in [2.75, 3.05) is 13.1 Å². The highest BCUT2D eigenvalue weighted by atomic mass is 32.2. The van der Waals surface area contributed by atoms with Gasteiger partial charge >= 0.3 is 0 Å². The number of hydrogen-bond donors (Lipinski definition) is 2. The fourth-order valence-corrected chi connectivity index (χ4v) is 4.56. The SMILES string of the molecule is NS(=O)(=O)N1CCC(C(=O)N[C@H]2CC[C@@H](c3ccc(F)cc3)C2)CC1. The number of rotatable bonds is 4. The highest BCUT2D eigenvalue weighted by Crippen LogP contribution is 2.34. The second-order valence-electron chi connectivity index (χ2n) is 6.99. The number of piperidine rings is 1. The number of carbonyl (C=O) groups is 1. The van der Waals surface area contributed by atoms with E-state index in [-0.39, 0.29) is 23.7 Å². The van der Waals surface area contributed by atoms with Gasteiger partial charge in [-0.25, -0.2) is 9.53 Å². The molecule has 138 valence electrons. The minimum Gasteiger partial charge on any atom is -0.353 e. The number of benzene rings is 1. The Kier molecular flexibility index (Phi) is 5.41. The fourth-order valence-electron chi connectivity index (χ4n) is 3.84. The Labute approximate surface area is 147 Å². The third kappa shape index (κ3) is 4.56. The van der Waals surface area contributed by atoms with Gasteiger partial charge in [-0.3, -0.25) is 4.79 Å². The molecule has 2 atom stereocenters. The molecular formula is C17H24FN3O3S. The van der Waals surface area contributed by atoms with Gasteiger partial charge in [-0.2, -0.15) is 12.7 Å². The van der Waals surface area contributed by atoms with E-state index in [2.05, 4.69) is 5.32 Å². The number of carbonyl (C=O) groups excluding carboxylic acids is 1. The standard InChI is InChI=1S/C17H24FN3O3S/c18-15-4-1-12(2-5-15)14-3-6-16(11-14)20-17(22)13-7-9-21(10-8-13)25(19,23)24/h1-2,4-5,13-14,16H,3,6-11H2,(H,20,22)(H2,19,23,24)/t14-,16+/m1/s1. The van der Waals surface area contributed by atoms with Crippen molar-refractivity contribution in [3.63, 3.8) is 0 Å². The first-order chi connectivity index (χ1) is 11.8. The second-order valence-corrected chi connectivity index (χ2v) is 8.53. The molecule has 1 aromatic rings. The predicted octanol–water partition coefficient (Wildman–Crippen LogP) is 1.49. The van der Waals surface area contributed by atoms with E-state index < -0.39 is 10.2 Å². The molecule has 0 bridgehead atoms. The molecule has 1 amide bonds. The van der Waals surface area contributed by atoms with Crippen molar-refractivity contribution < 1.29 is 17.6 Å². The lowest BCUT2D eigenvalue weighted by molar-refractivity contribution is -0.126. The minimum atomic E-state index is -3.66. The number of nitrogens with one attached hydrogen (secondary N) is 1. The van der Waals surface area contributed by atoms with Crippen molar-refractivity contribution in [3.8, 4) is 0 Å². The fraction of sp³-hybridized carbons (Fsp3) is 0.588. The van der Waals surface area contributed by atoms with Crippen LogP contribution in [0.4, 0.5) is 4.39 Å². The van der Waals surface area contributed by atoms with Crippen LogP contribution in [0.3, 0.4) is 0 Å². The Morgan fingerprint density at radius 1 is 1.12 bits per heavy atom. The third-order valence-electron chi connectivity index (χ3n) is 5.31. The summed E-state index contributed by atoms with van der Waals surface area (Å²) in [7, 11) is -3.66. The van der Waals surface area contributed by atoms with E-state index in [1.807, 2.05) is 12.1 Å². The van der Waals surface area contributed by atoms with Gasteiger partial charge in [0, 0.05) is 25.0 Å². The van der Waals surface area contributed by atoms with Crippen molar-refractivity contribution in [3.05, 3.63) is 35.6 Å². The minimum absolute atomic E-state index is 0.00109. The average Bonchev–Trinajstić information content (AvgIpc) is 3.03. The quantitative estimate of drug-likeness (QED) is 0.842. The monoisotopic (exact) mass is 369 g/mol. The molecule has 1 heterocycles. The zero-order chi connectivity index (χ0) is 18.0. The van der Waals surface area contributed by atoms with Gasteiger partial charge in [0.05, 0.1) is 0 Å². The molecule has 8 heteroatoms. The molecule has 2 aliphatic rings. The maximum absolute atomic E-state index is 13.0. The van der Waals surface area contributed by atoms with E-state index in [1.165, 1.54) is 16.4 Å². The van der Waals surface area contributed by atoms with Gasteiger partial charge in [0.15, 0.2) is 0 Å². The van der Waals surface area contributed by atoms with Crippen LogP contribution in [0.5, 0.6) is 0 Å². The third-order valence-corrected chi connectivity index (χ3v) is 6.39. The van der Waals surface area contributed by atoms with Crippen LogP contribution in [0, 0.1) is 11.7 Å². The highest BCUT2D eigenvalue weighted by molar-refractivity contribution is 7.86. The Morgan fingerprint density at radius 2 is 1.76 bits per heavy atom. The van der Waals surface area contributed by atoms with Gasteiger partial charge in [-0.15, -0.1) is 0 Å². The van der Waals surface area contributed by atoms with Crippen LogP contribution in [0.15, 0.2) is 24.3 Å². The molecule has 25 heavy (non-hydrogen) atoms. The van der Waals surface area contributed by atoms with Crippen molar-refractivity contribution in [2.24, 2.45) is 11.1 Å². The Balaban J connectivity index is 1.49. The molecule has 3 N–H and O–H groups in total. The summed E-state index contributed by atoms with van der Waals surface area (Å²) in [5.74, 6) is -0.0609. The van der Waals surface area contributed by atoms with Crippen molar-refractivity contribution in [1.29, 1.82) is 0 Å². The van der Waals surface area contributed by atoms with Crippen LogP contribution in [-0.2, 0) is 15.0 Å². The number of amides is 1. The predicted molar refractivity (Wildman–Crippen MR) is 92.3 cm³/mol. The summed E-state index contributed by atoms with van der Waals surface area (Å²) in [5.41, 5.74) is 1.11. The molecule has 0 unspecified atom stereocenters. The van der Waals surface area contributed by atoms with Crippen molar-refractivity contribution in [1.82, 2.24) is 9.62 Å². The Morgan fingerprint density at radius 3 is 2.36 bits per heavy atom. The smallest absolute Gasteiger partial charge is 0.276 e. The number of nitrogens with zero attached hydrogens (tertiary/aromatic N) is 1. The largest absolute Gasteiger partial charge is 0.353 e. The Hall–Kier alpha value is -1.51. The van der Waals surface area contributed by atoms with Crippen molar-refractivity contribution in [2.45, 2.75) is 44.1 Å². The molecule has 1 saturated heterocycles. The highest BCUT2D eigenvalue weighted by Gasteiger charge is 2.32. The van der Waals surface area contributed by atoms with Crippen LogP contribution in [-0.4, -0.2) is 37.8 Å². The summed E-state index contributed by atoms with van der Waals surface area (Å²) >= 11 is 0. The number of halogens is 1. The summed E-state index contributed by atoms with van der Waals surface area (Å²) in [4.78, 5) is 12.4. The zero-order valence-electron chi connectivity index (χ0n) is 14.0. The van der Waals surface area contributed by atoms with E-state index in [0.717, 1.165) is 24.8 Å². The lowest BCUT2D eigenvalue weighted by Gasteiger charge is -2.29. The van der Waals surface area contributed by atoms with Gasteiger partial charge in [0.1, 0.15) is 5.82 Å². The molecule has 0 aromatic heterocycles. The van der Waals surface area contributed by atoms with Crippen LogP contribution >= 0.6 is 0 Å². The normalized spacial score (nSPS) is 25.8. The first-order valence-electron chi connectivity index (χ1n) is 8.66. The van der Waals surface area contributed by atoms with Crippen LogP contribution < -0.4 is 10.5 Å². The van der Waals surface area contributed by atoms with E-state index in [0.29, 0.717) is 31.8 Å². The van der Waals surface area contributed by atoms with E-state index in [4.69, 9.17) is 5.14 Å². The summed E-state index contributed by atoms with van der Waals surface area (Å²) in [5, 5.41) is 8.22. The number of hydrogen-bond acceptors (Lipinski definition) is 3. The summed E-state index contributed by atoms with van der Waals surface area (Å²) in [6.07, 6.45) is 3.73. The summed E-state index contributed by atoms with van der Waals surface area (Å²) in [6.45, 7) is 0.583. The van der Waals surface area contributed by atoms with E-state index in [1.54, 1.807) is 0 Å². The Bertz CT molecular complexity index is 715. The average molecular weight is 369 g/mol. The summed E-state index contributed by atoms with van der Waals surface area (Å²) < 4.78 is 36.9. The first-order valence-corrected chi connectivity index (χ1v) is 10.2. The lowest BCUT2D eigenvalue weighted by Crippen LogP contribution is -2.46. The molecule has 1 aliphatic carbocycles. The van der Waals surface area contributed by atoms with Gasteiger partial charge in [0.2, 0.25) is 5.91 Å². The molecule has 0 radical (unpaired) electrons. The molecular weight excluding hydrogens is 345 g/mol. The van der Waals surface area contributed by atoms with Crippen LogP contribution in [0.2, 0.25) is 0 Å². The second kappa shape index (κ2) is 7.39. The molecule has 0 spiro atoms. The zero-order valence-corrected chi connectivity index (χ0v) is 14.8. The van der Waals surface area contributed by atoms with Crippen LogP contribution in [0.25, 0.3) is 0 Å². The van der Waals surface area contributed by atoms with E-state index in [9.17, 15) is 17.6 Å². The van der Waals surface area contributed by atoms with Gasteiger partial charge in [-0.1, -0.05) is 12.1 Å². The van der Waals surface area contributed by atoms with Gasteiger partial charge in [-0.05, 0) is 55.7 Å². The van der Waals surface area contributed by atoms with Gasteiger partial charge < -0.3 is 5.32 Å². The number of nitrogens with two attached hydrogens (primary N) is 1. The molecule has 1 saturated carbocycles. The van der Waals surface area contributed by atoms with E-state index >= 15 is 0 Å². The molecule has 1 aliphatic heterocycles. The van der Waals surface area contributed by atoms with Crippen LogP contribution in [0.1, 0.15) is 43.6 Å². The molecule has 2 fully saturated rings. The maximum Gasteiger partial charge on any atom is 0.276 e. The lowest BCUT2D eigenvalue weighted by atomic mass is 9.96. The molecule has 3 rings (SSSR count).